The van der Waals surface area contributed by atoms with Gasteiger partial charge in [-0.25, -0.2) is 0 Å². The van der Waals surface area contributed by atoms with Crippen molar-refractivity contribution in [3.63, 3.8) is 0 Å². The van der Waals surface area contributed by atoms with Gasteiger partial charge >= 0.3 is 0 Å². The lowest BCUT2D eigenvalue weighted by molar-refractivity contribution is -0.132. The molecular formula is C32H63NO5. The van der Waals surface area contributed by atoms with E-state index in [1.165, 1.54) is 89.9 Å². The maximum Gasteiger partial charge on any atom is 0.249 e. The Kier molecular flexibility index (Phi) is 26.9. The SMILES string of the molecule is CCCCCCC/C=C/CCCC(O)C(O)C(CO)NC(=O)C(O)CCCCCCCCCCCCCC. The summed E-state index contributed by atoms with van der Waals surface area (Å²) >= 11 is 0. The van der Waals surface area contributed by atoms with Crippen LogP contribution in [0.5, 0.6) is 0 Å². The average Bonchev–Trinajstić information content (AvgIpc) is 2.92. The molecule has 4 atom stereocenters. The maximum absolute atomic E-state index is 12.3. The molecule has 0 aliphatic heterocycles. The minimum atomic E-state index is -1.27. The van der Waals surface area contributed by atoms with Crippen molar-refractivity contribution in [2.45, 2.75) is 179 Å². The van der Waals surface area contributed by atoms with E-state index in [9.17, 15) is 25.2 Å². The monoisotopic (exact) mass is 541 g/mol. The number of carbonyl (C=O) groups excluding carboxylic acids is 1. The van der Waals surface area contributed by atoms with E-state index < -0.39 is 36.9 Å². The zero-order valence-corrected chi connectivity index (χ0v) is 24.9. The van der Waals surface area contributed by atoms with Gasteiger partial charge in [-0.1, -0.05) is 129 Å². The van der Waals surface area contributed by atoms with Gasteiger partial charge in [0.25, 0.3) is 0 Å². The Hall–Kier alpha value is -0.950. The summed E-state index contributed by atoms with van der Waals surface area (Å²) in [5, 5.41) is 43.1. The largest absolute Gasteiger partial charge is 0.394 e. The molecule has 38 heavy (non-hydrogen) atoms. The molecule has 0 aliphatic carbocycles. The Morgan fingerprint density at radius 1 is 0.632 bits per heavy atom. The van der Waals surface area contributed by atoms with E-state index in [0.717, 1.165) is 38.5 Å². The van der Waals surface area contributed by atoms with Gasteiger partial charge in [0.15, 0.2) is 0 Å². The number of rotatable bonds is 28. The summed E-state index contributed by atoms with van der Waals surface area (Å²) in [6, 6.07) is -0.993. The van der Waals surface area contributed by atoms with Crippen LogP contribution in [0.3, 0.4) is 0 Å². The molecule has 0 heterocycles. The highest BCUT2D eigenvalue weighted by molar-refractivity contribution is 5.80. The second kappa shape index (κ2) is 27.6. The number of hydrogen-bond acceptors (Lipinski definition) is 5. The molecule has 226 valence electrons. The fourth-order valence-corrected chi connectivity index (χ4v) is 4.81. The highest BCUT2D eigenvalue weighted by Gasteiger charge is 2.28. The molecule has 0 aromatic carbocycles. The molecule has 0 bridgehead atoms. The quantitative estimate of drug-likeness (QED) is 0.0557. The fourth-order valence-electron chi connectivity index (χ4n) is 4.81. The smallest absolute Gasteiger partial charge is 0.249 e. The molecule has 5 N–H and O–H groups in total. The van der Waals surface area contributed by atoms with Crippen LogP contribution in [0.25, 0.3) is 0 Å². The van der Waals surface area contributed by atoms with Crippen molar-refractivity contribution < 1.29 is 25.2 Å². The van der Waals surface area contributed by atoms with Gasteiger partial charge in [-0.2, -0.15) is 0 Å². The van der Waals surface area contributed by atoms with E-state index in [1.54, 1.807) is 0 Å². The van der Waals surface area contributed by atoms with Crippen molar-refractivity contribution in [3.8, 4) is 0 Å². The molecule has 0 radical (unpaired) electrons. The number of nitrogens with one attached hydrogen (secondary N) is 1. The lowest BCUT2D eigenvalue weighted by Gasteiger charge is -2.27. The molecule has 0 fully saturated rings. The van der Waals surface area contributed by atoms with Gasteiger partial charge in [0.1, 0.15) is 12.2 Å². The zero-order valence-electron chi connectivity index (χ0n) is 24.9. The van der Waals surface area contributed by atoms with Crippen LogP contribution >= 0.6 is 0 Å². The predicted molar refractivity (Wildman–Crippen MR) is 159 cm³/mol. The first-order valence-corrected chi connectivity index (χ1v) is 16.1. The van der Waals surface area contributed by atoms with Crippen LogP contribution in [0.2, 0.25) is 0 Å². The van der Waals surface area contributed by atoms with Crippen molar-refractivity contribution in [1.82, 2.24) is 5.32 Å². The van der Waals surface area contributed by atoms with Gasteiger partial charge < -0.3 is 25.7 Å². The Bertz CT molecular complexity index is 542. The Labute approximate surface area is 234 Å². The zero-order chi connectivity index (χ0) is 28.3. The summed E-state index contributed by atoms with van der Waals surface area (Å²) in [6.07, 6.45) is 25.2. The highest BCUT2D eigenvalue weighted by atomic mass is 16.3. The van der Waals surface area contributed by atoms with Crippen LogP contribution in [0.15, 0.2) is 12.2 Å². The van der Waals surface area contributed by atoms with Crippen LogP contribution in [0.1, 0.15) is 155 Å². The minimum absolute atomic E-state index is 0.366. The van der Waals surface area contributed by atoms with Crippen LogP contribution in [0.4, 0.5) is 0 Å². The molecule has 0 aromatic rings. The highest BCUT2D eigenvalue weighted by Crippen LogP contribution is 2.14. The van der Waals surface area contributed by atoms with E-state index in [2.05, 4.69) is 31.3 Å². The Morgan fingerprint density at radius 2 is 1.08 bits per heavy atom. The Balaban J connectivity index is 3.93. The summed E-state index contributed by atoms with van der Waals surface area (Å²) in [4.78, 5) is 12.3. The van der Waals surface area contributed by atoms with E-state index in [0.29, 0.717) is 12.8 Å². The fraction of sp³-hybridized carbons (Fsp3) is 0.906. The van der Waals surface area contributed by atoms with E-state index >= 15 is 0 Å². The molecule has 0 saturated carbocycles. The summed E-state index contributed by atoms with van der Waals surface area (Å²) in [5.74, 6) is -0.597. The molecule has 0 aliphatic rings. The van der Waals surface area contributed by atoms with Crippen molar-refractivity contribution in [1.29, 1.82) is 0 Å². The first-order valence-electron chi connectivity index (χ1n) is 16.1. The normalized spacial score (nSPS) is 15.0. The molecule has 0 rings (SSSR count). The predicted octanol–water partition coefficient (Wildman–Crippen LogP) is 6.72. The average molecular weight is 542 g/mol. The van der Waals surface area contributed by atoms with E-state index in [1.807, 2.05) is 0 Å². The summed E-state index contributed by atoms with van der Waals surface area (Å²) in [6.45, 7) is 3.96. The first-order chi connectivity index (χ1) is 18.5. The number of aliphatic hydroxyl groups excluding tert-OH is 4. The van der Waals surface area contributed by atoms with E-state index in [4.69, 9.17) is 0 Å². The molecule has 0 saturated heterocycles. The van der Waals surface area contributed by atoms with Crippen LogP contribution < -0.4 is 5.32 Å². The topological polar surface area (TPSA) is 110 Å². The lowest BCUT2D eigenvalue weighted by atomic mass is 10.00. The molecule has 0 aromatic heterocycles. The second-order valence-corrected chi connectivity index (χ2v) is 11.2. The number of allylic oxidation sites excluding steroid dienone is 2. The summed E-state index contributed by atoms with van der Waals surface area (Å²) in [7, 11) is 0. The van der Waals surface area contributed by atoms with E-state index in [-0.39, 0.29) is 0 Å². The van der Waals surface area contributed by atoms with Gasteiger partial charge in [0.2, 0.25) is 5.91 Å². The third kappa shape index (κ3) is 21.9. The number of aliphatic hydroxyl groups is 4. The third-order valence-corrected chi connectivity index (χ3v) is 7.48. The van der Waals surface area contributed by atoms with Gasteiger partial charge in [-0.3, -0.25) is 4.79 Å². The standard InChI is InChI=1S/C32H63NO5/c1-3-5-7-9-11-13-15-16-18-20-22-24-26-30(36)32(38)33-28(27-34)31(37)29(35)25-23-21-19-17-14-12-10-8-6-4-2/h17,19,28-31,34-37H,3-16,18,20-27H2,1-2H3,(H,33,38)/b19-17+. The van der Waals surface area contributed by atoms with Crippen LogP contribution in [-0.2, 0) is 4.79 Å². The van der Waals surface area contributed by atoms with Crippen LogP contribution in [-0.4, -0.2) is 57.3 Å². The molecule has 4 unspecified atom stereocenters. The molecule has 0 spiro atoms. The van der Waals surface area contributed by atoms with Gasteiger partial charge in [-0.05, 0) is 38.5 Å². The van der Waals surface area contributed by atoms with Gasteiger partial charge in [-0.15, -0.1) is 0 Å². The number of unbranched alkanes of at least 4 members (excludes halogenated alkanes) is 17. The summed E-state index contributed by atoms with van der Waals surface area (Å²) < 4.78 is 0. The van der Waals surface area contributed by atoms with Gasteiger partial charge in [0.05, 0.1) is 18.8 Å². The molecule has 6 heteroatoms. The van der Waals surface area contributed by atoms with Crippen molar-refractivity contribution >= 4 is 5.91 Å². The molecule has 6 nitrogen and oxygen atoms in total. The van der Waals surface area contributed by atoms with Crippen molar-refractivity contribution in [2.24, 2.45) is 0 Å². The molecule has 1 amide bonds. The lowest BCUT2D eigenvalue weighted by Crippen LogP contribution is -2.53. The number of carbonyl (C=O) groups is 1. The number of amides is 1. The maximum atomic E-state index is 12.3. The van der Waals surface area contributed by atoms with Crippen LogP contribution in [0, 0.1) is 0 Å². The molecular weight excluding hydrogens is 478 g/mol. The van der Waals surface area contributed by atoms with Crippen molar-refractivity contribution in [2.75, 3.05) is 6.61 Å². The first kappa shape index (κ1) is 37.0. The minimum Gasteiger partial charge on any atom is -0.394 e. The number of hydrogen-bond donors (Lipinski definition) is 5. The van der Waals surface area contributed by atoms with Gasteiger partial charge in [0, 0.05) is 0 Å². The third-order valence-electron chi connectivity index (χ3n) is 7.48. The van der Waals surface area contributed by atoms with Crippen molar-refractivity contribution in [3.05, 3.63) is 12.2 Å². The summed E-state index contributed by atoms with van der Waals surface area (Å²) in [5.41, 5.74) is 0. The Morgan fingerprint density at radius 3 is 1.58 bits per heavy atom. The second-order valence-electron chi connectivity index (χ2n) is 11.2.